The maximum Gasteiger partial charge on any atom is 0.337 e. The summed E-state index contributed by atoms with van der Waals surface area (Å²) in [5, 5.41) is 11.4. The first-order chi connectivity index (χ1) is 9.66. The largest absolute Gasteiger partial charge is 0.478 e. The quantitative estimate of drug-likeness (QED) is 0.765. The summed E-state index contributed by atoms with van der Waals surface area (Å²) in [4.78, 5) is 15.4. The molecule has 0 aliphatic rings. The predicted molar refractivity (Wildman–Crippen MR) is 79.1 cm³/mol. The Hall–Kier alpha value is -2.39. The van der Waals surface area contributed by atoms with Crippen molar-refractivity contribution in [3.63, 3.8) is 0 Å². The summed E-state index contributed by atoms with van der Waals surface area (Å²) in [6, 6.07) is 12.8. The van der Waals surface area contributed by atoms with Crippen molar-refractivity contribution in [3.8, 4) is 11.1 Å². The van der Waals surface area contributed by atoms with Crippen molar-refractivity contribution in [3.05, 3.63) is 65.4 Å². The summed E-state index contributed by atoms with van der Waals surface area (Å²) >= 11 is 5.90. The molecule has 0 unspecified atom stereocenters. The first-order valence-electron chi connectivity index (χ1n) is 6.03. The Balaban J connectivity index is 2.26. The summed E-state index contributed by atoms with van der Waals surface area (Å²) in [7, 11) is 0. The van der Waals surface area contributed by atoms with Crippen LogP contribution in [0.4, 0.5) is 0 Å². The first kappa shape index (κ1) is 12.6. The van der Waals surface area contributed by atoms with Gasteiger partial charge >= 0.3 is 5.97 Å². The van der Waals surface area contributed by atoms with E-state index < -0.39 is 5.97 Å². The zero-order chi connectivity index (χ0) is 14.1. The standard InChI is InChI=1S/C16H10ClNO2/c17-15-6-5-10(7-13(15)16(19)20)14-9-18-8-11-3-1-2-4-12(11)14/h1-9H,(H,19,20). The lowest BCUT2D eigenvalue weighted by molar-refractivity contribution is 0.0697. The molecular formula is C16H10ClNO2. The molecule has 98 valence electrons. The number of benzene rings is 2. The lowest BCUT2D eigenvalue weighted by atomic mass is 9.99. The number of hydrogen-bond donors (Lipinski definition) is 1. The summed E-state index contributed by atoms with van der Waals surface area (Å²) in [6.07, 6.45) is 3.52. The zero-order valence-corrected chi connectivity index (χ0v) is 11.1. The van der Waals surface area contributed by atoms with Gasteiger partial charge in [0, 0.05) is 23.3 Å². The third-order valence-electron chi connectivity index (χ3n) is 3.18. The number of nitrogens with zero attached hydrogens (tertiary/aromatic N) is 1. The van der Waals surface area contributed by atoms with Gasteiger partial charge in [0.05, 0.1) is 10.6 Å². The van der Waals surface area contributed by atoms with Crippen LogP contribution in [0.15, 0.2) is 54.9 Å². The number of fused-ring (bicyclic) bond motifs is 1. The predicted octanol–water partition coefficient (Wildman–Crippen LogP) is 4.25. The van der Waals surface area contributed by atoms with E-state index in [4.69, 9.17) is 16.7 Å². The average molecular weight is 284 g/mol. The van der Waals surface area contributed by atoms with Gasteiger partial charge in [-0.3, -0.25) is 4.98 Å². The van der Waals surface area contributed by atoms with Crippen molar-refractivity contribution in [1.82, 2.24) is 4.98 Å². The Morgan fingerprint density at radius 1 is 1.10 bits per heavy atom. The van der Waals surface area contributed by atoms with Crippen molar-refractivity contribution in [2.45, 2.75) is 0 Å². The highest BCUT2D eigenvalue weighted by atomic mass is 35.5. The third-order valence-corrected chi connectivity index (χ3v) is 3.51. The van der Waals surface area contributed by atoms with E-state index in [0.29, 0.717) is 0 Å². The summed E-state index contributed by atoms with van der Waals surface area (Å²) in [6.45, 7) is 0. The van der Waals surface area contributed by atoms with Gasteiger partial charge in [0.25, 0.3) is 0 Å². The van der Waals surface area contributed by atoms with Gasteiger partial charge < -0.3 is 5.11 Å². The van der Waals surface area contributed by atoms with Gasteiger partial charge in [0.2, 0.25) is 0 Å². The Kier molecular flexibility index (Phi) is 3.12. The Morgan fingerprint density at radius 3 is 2.70 bits per heavy atom. The summed E-state index contributed by atoms with van der Waals surface area (Å²) < 4.78 is 0. The molecule has 2 aromatic carbocycles. The number of carboxylic acid groups (broad SMARTS) is 1. The number of aromatic carboxylic acids is 1. The molecule has 0 radical (unpaired) electrons. The van der Waals surface area contributed by atoms with Gasteiger partial charge in [0.1, 0.15) is 0 Å². The first-order valence-corrected chi connectivity index (χ1v) is 6.40. The van der Waals surface area contributed by atoms with E-state index in [1.165, 1.54) is 0 Å². The Labute approximate surface area is 120 Å². The maximum absolute atomic E-state index is 11.2. The molecule has 0 saturated heterocycles. The van der Waals surface area contributed by atoms with E-state index in [9.17, 15) is 4.79 Å². The van der Waals surface area contributed by atoms with Gasteiger partial charge in [-0.15, -0.1) is 0 Å². The molecule has 1 heterocycles. The second kappa shape index (κ2) is 4.94. The third kappa shape index (κ3) is 2.12. The number of hydrogen-bond acceptors (Lipinski definition) is 2. The Bertz CT molecular complexity index is 809. The lowest BCUT2D eigenvalue weighted by Crippen LogP contribution is -1.97. The van der Waals surface area contributed by atoms with E-state index in [1.807, 2.05) is 24.3 Å². The van der Waals surface area contributed by atoms with Crippen LogP contribution < -0.4 is 0 Å². The van der Waals surface area contributed by atoms with Crippen LogP contribution in [0, 0.1) is 0 Å². The van der Waals surface area contributed by atoms with E-state index in [0.717, 1.165) is 21.9 Å². The van der Waals surface area contributed by atoms with Crippen LogP contribution in [0.25, 0.3) is 21.9 Å². The molecule has 0 aliphatic carbocycles. The van der Waals surface area contributed by atoms with Crippen molar-refractivity contribution >= 4 is 28.3 Å². The van der Waals surface area contributed by atoms with Crippen molar-refractivity contribution in [2.75, 3.05) is 0 Å². The molecule has 0 amide bonds. The monoisotopic (exact) mass is 283 g/mol. The maximum atomic E-state index is 11.2. The van der Waals surface area contributed by atoms with Crippen LogP contribution in [-0.2, 0) is 0 Å². The normalized spacial score (nSPS) is 10.7. The highest BCUT2D eigenvalue weighted by Crippen LogP contribution is 2.30. The second-order valence-corrected chi connectivity index (χ2v) is 4.82. The number of pyridine rings is 1. The van der Waals surface area contributed by atoms with Gasteiger partial charge in [-0.05, 0) is 23.1 Å². The molecule has 0 spiro atoms. The highest BCUT2D eigenvalue weighted by Gasteiger charge is 2.11. The SMILES string of the molecule is O=C(O)c1cc(-c2cncc3ccccc23)ccc1Cl. The smallest absolute Gasteiger partial charge is 0.337 e. The molecule has 1 N–H and O–H groups in total. The molecule has 0 bridgehead atoms. The van der Waals surface area contributed by atoms with Crippen LogP contribution in [0.2, 0.25) is 5.02 Å². The van der Waals surface area contributed by atoms with E-state index in [-0.39, 0.29) is 10.6 Å². The van der Waals surface area contributed by atoms with Crippen LogP contribution in [0.5, 0.6) is 0 Å². The van der Waals surface area contributed by atoms with Gasteiger partial charge in [-0.1, -0.05) is 41.9 Å². The Morgan fingerprint density at radius 2 is 1.90 bits per heavy atom. The minimum atomic E-state index is -1.04. The molecule has 1 aromatic heterocycles. The topological polar surface area (TPSA) is 50.2 Å². The average Bonchev–Trinajstić information content (AvgIpc) is 2.47. The molecule has 0 saturated carbocycles. The molecule has 3 rings (SSSR count). The van der Waals surface area contributed by atoms with E-state index >= 15 is 0 Å². The van der Waals surface area contributed by atoms with Gasteiger partial charge in [-0.25, -0.2) is 4.79 Å². The van der Waals surface area contributed by atoms with Gasteiger partial charge in [-0.2, -0.15) is 0 Å². The van der Waals surface area contributed by atoms with Crippen LogP contribution in [0.3, 0.4) is 0 Å². The fourth-order valence-corrected chi connectivity index (χ4v) is 2.40. The second-order valence-electron chi connectivity index (χ2n) is 4.41. The molecule has 0 aliphatic heterocycles. The zero-order valence-electron chi connectivity index (χ0n) is 10.4. The molecule has 3 nitrogen and oxygen atoms in total. The van der Waals surface area contributed by atoms with Crippen LogP contribution in [0.1, 0.15) is 10.4 Å². The minimum Gasteiger partial charge on any atom is -0.478 e. The van der Waals surface area contributed by atoms with Crippen molar-refractivity contribution < 1.29 is 9.90 Å². The number of carbonyl (C=O) groups is 1. The fourth-order valence-electron chi connectivity index (χ4n) is 2.20. The number of rotatable bonds is 2. The number of halogens is 1. The highest BCUT2D eigenvalue weighted by molar-refractivity contribution is 6.33. The fraction of sp³-hybridized carbons (Fsp3) is 0. The van der Waals surface area contributed by atoms with Gasteiger partial charge in [0.15, 0.2) is 0 Å². The molecular weight excluding hydrogens is 274 g/mol. The van der Waals surface area contributed by atoms with Crippen molar-refractivity contribution in [1.29, 1.82) is 0 Å². The van der Waals surface area contributed by atoms with E-state index in [1.54, 1.807) is 30.6 Å². The summed E-state index contributed by atoms with van der Waals surface area (Å²) in [5.41, 5.74) is 1.77. The number of aromatic nitrogens is 1. The molecule has 3 aromatic rings. The summed E-state index contributed by atoms with van der Waals surface area (Å²) in [5.74, 6) is -1.04. The molecule has 20 heavy (non-hydrogen) atoms. The van der Waals surface area contributed by atoms with E-state index in [2.05, 4.69) is 4.98 Å². The molecule has 4 heteroatoms. The lowest BCUT2D eigenvalue weighted by Gasteiger charge is -2.08. The van der Waals surface area contributed by atoms with Crippen molar-refractivity contribution in [2.24, 2.45) is 0 Å². The van der Waals surface area contributed by atoms with Crippen LogP contribution >= 0.6 is 11.6 Å². The molecule has 0 atom stereocenters. The van der Waals surface area contributed by atoms with Crippen LogP contribution in [-0.4, -0.2) is 16.1 Å². The minimum absolute atomic E-state index is 0.0945. The number of carboxylic acids is 1. The molecule has 0 fully saturated rings.